The minimum absolute atomic E-state index is 0.185. The Kier molecular flexibility index (Phi) is 4.74. The minimum Gasteiger partial charge on any atom is -0.460 e. The molecule has 0 aliphatic heterocycles. The van der Waals surface area contributed by atoms with E-state index < -0.39 is 0 Å². The summed E-state index contributed by atoms with van der Waals surface area (Å²) in [5.41, 5.74) is 2.43. The molecule has 6 heteroatoms. The lowest BCUT2D eigenvalue weighted by atomic mass is 10.4. The molecule has 0 saturated carbocycles. The molecule has 2 heterocycles. The highest BCUT2D eigenvalue weighted by Gasteiger charge is 2.02. The molecule has 98 valence electrons. The monoisotopic (exact) mass is 275 g/mol. The Balaban J connectivity index is 1.74. The van der Waals surface area contributed by atoms with Crippen molar-refractivity contribution in [3.63, 3.8) is 0 Å². The second kappa shape index (κ2) is 6.75. The number of nitrogens with zero attached hydrogens (tertiary/aromatic N) is 2. The maximum absolute atomic E-state index is 11.5. The Morgan fingerprint density at radius 2 is 2.37 bits per heavy atom. The number of furan rings is 1. The van der Waals surface area contributed by atoms with Gasteiger partial charge in [-0.05, 0) is 31.2 Å². The van der Waals surface area contributed by atoms with E-state index >= 15 is 0 Å². The number of carbonyl (C=O) groups is 1. The number of rotatable bonds is 5. The first-order valence-electron chi connectivity index (χ1n) is 5.66. The fraction of sp³-hybridized carbons (Fsp3) is 0.154. The minimum atomic E-state index is -0.185. The molecule has 1 amide bonds. The molecule has 0 aliphatic rings. The van der Waals surface area contributed by atoms with E-state index in [1.165, 1.54) is 18.0 Å². The van der Waals surface area contributed by atoms with Gasteiger partial charge in [-0.1, -0.05) is 17.8 Å². The summed E-state index contributed by atoms with van der Waals surface area (Å²) in [6.07, 6.45) is 3.16. The summed E-state index contributed by atoms with van der Waals surface area (Å²) in [6.45, 7) is 1.85. The lowest BCUT2D eigenvalue weighted by Crippen LogP contribution is -2.19. The van der Waals surface area contributed by atoms with Crippen LogP contribution in [0, 0.1) is 6.92 Å². The number of hydrogen-bond donors (Lipinski definition) is 1. The predicted molar refractivity (Wildman–Crippen MR) is 74.1 cm³/mol. The first-order valence-corrected chi connectivity index (χ1v) is 6.65. The average Bonchev–Trinajstić information content (AvgIpc) is 2.83. The third kappa shape index (κ3) is 4.59. The van der Waals surface area contributed by atoms with Crippen molar-refractivity contribution in [2.75, 3.05) is 5.75 Å². The van der Waals surface area contributed by atoms with Gasteiger partial charge in [-0.15, -0.1) is 0 Å². The summed E-state index contributed by atoms with van der Waals surface area (Å²) in [5, 5.41) is 4.62. The van der Waals surface area contributed by atoms with Crippen LogP contribution >= 0.6 is 11.8 Å². The van der Waals surface area contributed by atoms with Crippen molar-refractivity contribution in [3.8, 4) is 0 Å². The summed E-state index contributed by atoms with van der Waals surface area (Å²) in [6, 6.07) is 9.19. The van der Waals surface area contributed by atoms with Crippen molar-refractivity contribution in [1.82, 2.24) is 10.4 Å². The molecule has 0 saturated heterocycles. The second-order valence-electron chi connectivity index (χ2n) is 3.70. The van der Waals surface area contributed by atoms with Crippen molar-refractivity contribution >= 4 is 23.9 Å². The van der Waals surface area contributed by atoms with E-state index in [9.17, 15) is 4.79 Å². The highest BCUT2D eigenvalue weighted by Crippen LogP contribution is 2.12. The quantitative estimate of drug-likeness (QED) is 0.516. The second-order valence-corrected chi connectivity index (χ2v) is 4.69. The standard InChI is InChI=1S/C13H13N3O2S/c1-10-5-6-11(18-10)8-15-16-12(17)9-19-13-4-2-3-7-14-13/h2-8H,9H2,1H3,(H,16,17)/b15-8-. The number of thioether (sulfide) groups is 1. The van der Waals surface area contributed by atoms with Crippen molar-refractivity contribution in [2.24, 2.45) is 5.10 Å². The third-order valence-electron chi connectivity index (χ3n) is 2.13. The summed E-state index contributed by atoms with van der Waals surface area (Å²) in [4.78, 5) is 15.6. The molecule has 0 aromatic carbocycles. The molecule has 1 N–H and O–H groups in total. The van der Waals surface area contributed by atoms with Gasteiger partial charge >= 0.3 is 0 Å². The maximum atomic E-state index is 11.5. The highest BCUT2D eigenvalue weighted by molar-refractivity contribution is 7.99. The molecule has 0 fully saturated rings. The number of aryl methyl sites for hydroxylation is 1. The number of hydrazone groups is 1. The van der Waals surface area contributed by atoms with E-state index in [1.807, 2.05) is 31.2 Å². The van der Waals surface area contributed by atoms with E-state index in [1.54, 1.807) is 12.3 Å². The van der Waals surface area contributed by atoms with Gasteiger partial charge in [0.2, 0.25) is 5.91 Å². The summed E-state index contributed by atoms with van der Waals surface area (Å²) in [7, 11) is 0. The summed E-state index contributed by atoms with van der Waals surface area (Å²) < 4.78 is 5.28. The Morgan fingerprint density at radius 1 is 1.47 bits per heavy atom. The zero-order valence-electron chi connectivity index (χ0n) is 10.4. The van der Waals surface area contributed by atoms with Crippen molar-refractivity contribution in [2.45, 2.75) is 11.9 Å². The van der Waals surface area contributed by atoms with Gasteiger partial charge in [0.15, 0.2) is 0 Å². The van der Waals surface area contributed by atoms with E-state index in [4.69, 9.17) is 4.42 Å². The maximum Gasteiger partial charge on any atom is 0.250 e. The molecule has 0 atom stereocenters. The molecule has 19 heavy (non-hydrogen) atoms. The van der Waals surface area contributed by atoms with Gasteiger partial charge in [-0.3, -0.25) is 4.79 Å². The van der Waals surface area contributed by atoms with Crippen molar-refractivity contribution in [3.05, 3.63) is 48.0 Å². The van der Waals surface area contributed by atoms with Gasteiger partial charge in [-0.25, -0.2) is 10.4 Å². The normalized spacial score (nSPS) is 10.8. The van der Waals surface area contributed by atoms with Gasteiger partial charge in [0, 0.05) is 6.20 Å². The van der Waals surface area contributed by atoms with Crippen LogP contribution in [0.15, 0.2) is 51.1 Å². The first kappa shape index (κ1) is 13.4. The molecule has 0 aliphatic carbocycles. The third-order valence-corrected chi connectivity index (χ3v) is 3.07. The molecule has 2 rings (SSSR count). The number of amides is 1. The zero-order chi connectivity index (χ0) is 13.5. The first-order chi connectivity index (χ1) is 9.24. The van der Waals surface area contributed by atoms with Gasteiger partial charge in [0.05, 0.1) is 17.0 Å². The van der Waals surface area contributed by atoms with E-state index in [-0.39, 0.29) is 11.7 Å². The Morgan fingerprint density at radius 3 is 3.05 bits per heavy atom. The SMILES string of the molecule is Cc1ccc(/C=N\NC(=O)CSc2ccccn2)o1. The lowest BCUT2D eigenvalue weighted by molar-refractivity contribution is -0.118. The molecule has 0 spiro atoms. The van der Waals surface area contributed by atoms with E-state index in [0.717, 1.165) is 10.8 Å². The van der Waals surface area contributed by atoms with E-state index in [2.05, 4.69) is 15.5 Å². The van der Waals surface area contributed by atoms with Gasteiger partial charge in [0.1, 0.15) is 11.5 Å². The zero-order valence-corrected chi connectivity index (χ0v) is 11.2. The van der Waals surface area contributed by atoms with Crippen LogP contribution in [0.25, 0.3) is 0 Å². The number of pyridine rings is 1. The van der Waals surface area contributed by atoms with Crippen LogP contribution in [-0.2, 0) is 4.79 Å². The average molecular weight is 275 g/mol. The molecular weight excluding hydrogens is 262 g/mol. The molecule has 2 aromatic rings. The molecule has 5 nitrogen and oxygen atoms in total. The van der Waals surface area contributed by atoms with Crippen LogP contribution in [0.4, 0.5) is 0 Å². The van der Waals surface area contributed by atoms with Crippen LogP contribution in [-0.4, -0.2) is 22.9 Å². The van der Waals surface area contributed by atoms with Crippen molar-refractivity contribution < 1.29 is 9.21 Å². The van der Waals surface area contributed by atoms with Gasteiger partial charge in [0.25, 0.3) is 0 Å². The highest BCUT2D eigenvalue weighted by atomic mass is 32.2. The van der Waals surface area contributed by atoms with Gasteiger partial charge < -0.3 is 4.42 Å². The number of nitrogens with one attached hydrogen (secondary N) is 1. The molecule has 0 unspecified atom stereocenters. The van der Waals surface area contributed by atoms with Crippen LogP contribution in [0.1, 0.15) is 11.5 Å². The van der Waals surface area contributed by atoms with E-state index in [0.29, 0.717) is 5.76 Å². The van der Waals surface area contributed by atoms with Gasteiger partial charge in [-0.2, -0.15) is 5.10 Å². The van der Waals surface area contributed by atoms with Crippen LogP contribution < -0.4 is 5.43 Å². The smallest absolute Gasteiger partial charge is 0.250 e. The Bertz CT molecular complexity index is 566. The largest absolute Gasteiger partial charge is 0.460 e. The number of aromatic nitrogens is 1. The molecule has 2 aromatic heterocycles. The topological polar surface area (TPSA) is 67.5 Å². The summed E-state index contributed by atoms with van der Waals surface area (Å²) >= 11 is 1.36. The molecular formula is C13H13N3O2S. The fourth-order valence-electron chi connectivity index (χ4n) is 1.29. The number of hydrogen-bond acceptors (Lipinski definition) is 5. The van der Waals surface area contributed by atoms with Crippen LogP contribution in [0.2, 0.25) is 0 Å². The number of carbonyl (C=O) groups excluding carboxylic acids is 1. The Labute approximate surface area is 115 Å². The predicted octanol–water partition coefficient (Wildman–Crippen LogP) is 2.23. The Hall–Kier alpha value is -2.08. The van der Waals surface area contributed by atoms with Crippen molar-refractivity contribution in [1.29, 1.82) is 0 Å². The van der Waals surface area contributed by atoms with Crippen LogP contribution in [0.3, 0.4) is 0 Å². The molecule has 0 radical (unpaired) electrons. The van der Waals surface area contributed by atoms with Crippen LogP contribution in [0.5, 0.6) is 0 Å². The fourth-order valence-corrected chi connectivity index (χ4v) is 1.95. The summed E-state index contributed by atoms with van der Waals surface area (Å²) in [5.74, 6) is 1.50. The lowest BCUT2D eigenvalue weighted by Gasteiger charge is -1.99. The molecule has 0 bridgehead atoms.